The number of carbonyl (C=O) groups excluding carboxylic acids is 2. The molecule has 0 heterocycles. The number of nitrogens with one attached hydrogen (secondary N) is 2. The lowest BCUT2D eigenvalue weighted by Gasteiger charge is -2.15. The summed E-state index contributed by atoms with van der Waals surface area (Å²) >= 11 is 0. The summed E-state index contributed by atoms with van der Waals surface area (Å²) in [5.41, 5.74) is 5.36. The van der Waals surface area contributed by atoms with Gasteiger partial charge in [-0.1, -0.05) is 0 Å². The minimum absolute atomic E-state index is 0.00326. The van der Waals surface area contributed by atoms with Crippen molar-refractivity contribution < 1.29 is 9.59 Å². The molecule has 0 rings (SSSR count). The van der Waals surface area contributed by atoms with E-state index in [0.29, 0.717) is 13.0 Å². The first-order chi connectivity index (χ1) is 7.11. The van der Waals surface area contributed by atoms with Gasteiger partial charge in [0.05, 0.1) is 12.6 Å². The van der Waals surface area contributed by atoms with Gasteiger partial charge in [-0.15, -0.1) is 0 Å². The zero-order valence-corrected chi connectivity index (χ0v) is 9.51. The molecule has 0 aromatic carbocycles. The van der Waals surface area contributed by atoms with Crippen molar-refractivity contribution in [2.24, 2.45) is 5.73 Å². The number of nitrogens with two attached hydrogens (primary N) is 1. The van der Waals surface area contributed by atoms with Crippen molar-refractivity contribution in [1.29, 1.82) is 0 Å². The highest BCUT2D eigenvalue weighted by Gasteiger charge is 2.15. The van der Waals surface area contributed by atoms with E-state index in [0.717, 1.165) is 12.8 Å². The summed E-state index contributed by atoms with van der Waals surface area (Å²) in [6.45, 7) is 2.35. The summed E-state index contributed by atoms with van der Waals surface area (Å²) in [5, 5.41) is 5.42. The molecule has 0 aromatic heterocycles. The third-order valence-corrected chi connectivity index (χ3v) is 2.11. The van der Waals surface area contributed by atoms with Gasteiger partial charge in [0.15, 0.2) is 5.78 Å². The van der Waals surface area contributed by atoms with E-state index in [1.807, 2.05) is 0 Å². The standard InChI is InChI=1S/C10H21N3O2/c1-8(14)9(5-3-4-6-11)13-10(15)7-12-2/h9,12H,3-7,11H2,1-2H3,(H,13,15)/t9-/m0/s1. The van der Waals surface area contributed by atoms with Crippen molar-refractivity contribution in [3.05, 3.63) is 0 Å². The first-order valence-electron chi connectivity index (χ1n) is 5.26. The van der Waals surface area contributed by atoms with Gasteiger partial charge in [-0.25, -0.2) is 0 Å². The number of rotatable bonds is 8. The van der Waals surface area contributed by atoms with Gasteiger partial charge in [-0.3, -0.25) is 9.59 Å². The maximum Gasteiger partial charge on any atom is 0.234 e. The second-order valence-electron chi connectivity index (χ2n) is 3.55. The average molecular weight is 215 g/mol. The second-order valence-corrected chi connectivity index (χ2v) is 3.55. The van der Waals surface area contributed by atoms with E-state index < -0.39 is 0 Å². The molecular weight excluding hydrogens is 194 g/mol. The zero-order valence-electron chi connectivity index (χ0n) is 9.51. The largest absolute Gasteiger partial charge is 0.345 e. The molecule has 1 amide bonds. The summed E-state index contributed by atoms with van der Waals surface area (Å²) in [5.74, 6) is -0.151. The highest BCUT2D eigenvalue weighted by Crippen LogP contribution is 2.01. The Morgan fingerprint density at radius 2 is 2.00 bits per heavy atom. The van der Waals surface area contributed by atoms with Gasteiger partial charge in [-0.2, -0.15) is 0 Å². The summed E-state index contributed by atoms with van der Waals surface area (Å²) in [4.78, 5) is 22.5. The molecule has 0 aliphatic carbocycles. The van der Waals surface area contributed by atoms with Crippen molar-refractivity contribution in [2.45, 2.75) is 32.2 Å². The first-order valence-corrected chi connectivity index (χ1v) is 5.26. The Morgan fingerprint density at radius 3 is 2.47 bits per heavy atom. The van der Waals surface area contributed by atoms with Crippen molar-refractivity contribution in [2.75, 3.05) is 20.1 Å². The summed E-state index contributed by atoms with van der Waals surface area (Å²) in [6, 6.07) is -0.364. The molecule has 0 aliphatic rings. The predicted molar refractivity (Wildman–Crippen MR) is 59.4 cm³/mol. The first kappa shape index (κ1) is 14.1. The van der Waals surface area contributed by atoms with E-state index in [1.54, 1.807) is 7.05 Å². The Labute approximate surface area is 90.8 Å². The molecule has 0 fully saturated rings. The van der Waals surface area contributed by atoms with Crippen LogP contribution in [0.15, 0.2) is 0 Å². The lowest BCUT2D eigenvalue weighted by Crippen LogP contribution is -2.43. The molecular formula is C10H21N3O2. The highest BCUT2D eigenvalue weighted by atomic mass is 16.2. The highest BCUT2D eigenvalue weighted by molar-refractivity contribution is 5.88. The van der Waals surface area contributed by atoms with Crippen LogP contribution in [0, 0.1) is 0 Å². The van der Waals surface area contributed by atoms with Gasteiger partial charge in [0.25, 0.3) is 0 Å². The zero-order chi connectivity index (χ0) is 11.7. The molecule has 0 saturated heterocycles. The molecule has 0 aliphatic heterocycles. The molecule has 0 spiro atoms. The molecule has 1 atom stereocenters. The maximum absolute atomic E-state index is 11.2. The predicted octanol–water partition coefficient (Wildman–Crippen LogP) is -0.591. The van der Waals surface area contributed by atoms with Gasteiger partial charge in [-0.05, 0) is 39.8 Å². The number of ketones is 1. The Hall–Kier alpha value is -0.940. The van der Waals surface area contributed by atoms with Crippen LogP contribution in [-0.2, 0) is 9.59 Å². The topological polar surface area (TPSA) is 84.2 Å². The fraction of sp³-hybridized carbons (Fsp3) is 0.800. The Kier molecular flexibility index (Phi) is 7.85. The molecule has 4 N–H and O–H groups in total. The Bertz CT molecular complexity index is 207. The fourth-order valence-electron chi connectivity index (χ4n) is 1.28. The van der Waals surface area contributed by atoms with Crippen LogP contribution in [0.25, 0.3) is 0 Å². The van der Waals surface area contributed by atoms with E-state index in [1.165, 1.54) is 6.92 Å². The minimum Gasteiger partial charge on any atom is -0.345 e. The molecule has 0 bridgehead atoms. The van der Waals surface area contributed by atoms with Crippen LogP contribution in [-0.4, -0.2) is 37.9 Å². The summed E-state index contributed by atoms with van der Waals surface area (Å²) < 4.78 is 0. The van der Waals surface area contributed by atoms with E-state index in [-0.39, 0.29) is 24.3 Å². The fourth-order valence-corrected chi connectivity index (χ4v) is 1.28. The van der Waals surface area contributed by atoms with Crippen molar-refractivity contribution >= 4 is 11.7 Å². The molecule has 0 radical (unpaired) electrons. The van der Waals surface area contributed by atoms with Crippen LogP contribution in [0.1, 0.15) is 26.2 Å². The third kappa shape index (κ3) is 7.04. The SMILES string of the molecule is CNCC(=O)N[C@@H](CCCCN)C(C)=O. The van der Waals surface area contributed by atoms with Gasteiger partial charge >= 0.3 is 0 Å². The van der Waals surface area contributed by atoms with E-state index in [2.05, 4.69) is 10.6 Å². The minimum atomic E-state index is -0.364. The maximum atomic E-state index is 11.2. The van der Waals surface area contributed by atoms with Crippen LogP contribution < -0.4 is 16.4 Å². The Balaban J connectivity index is 3.93. The quantitative estimate of drug-likeness (QED) is 0.472. The number of hydrogen-bond acceptors (Lipinski definition) is 4. The number of unbranched alkanes of at least 4 members (excludes halogenated alkanes) is 1. The van der Waals surface area contributed by atoms with Gasteiger partial charge in [0.2, 0.25) is 5.91 Å². The van der Waals surface area contributed by atoms with Crippen LogP contribution in [0.2, 0.25) is 0 Å². The van der Waals surface area contributed by atoms with Gasteiger partial charge in [0.1, 0.15) is 0 Å². The molecule has 15 heavy (non-hydrogen) atoms. The average Bonchev–Trinajstić information content (AvgIpc) is 2.16. The second kappa shape index (κ2) is 8.38. The number of amides is 1. The van der Waals surface area contributed by atoms with Crippen LogP contribution in [0.4, 0.5) is 0 Å². The number of carbonyl (C=O) groups is 2. The lowest BCUT2D eigenvalue weighted by atomic mass is 10.1. The van der Waals surface area contributed by atoms with Gasteiger partial charge < -0.3 is 16.4 Å². The lowest BCUT2D eigenvalue weighted by molar-refractivity contribution is -0.126. The van der Waals surface area contributed by atoms with Crippen molar-refractivity contribution in [3.8, 4) is 0 Å². The van der Waals surface area contributed by atoms with Crippen molar-refractivity contribution in [1.82, 2.24) is 10.6 Å². The van der Waals surface area contributed by atoms with Crippen molar-refractivity contribution in [3.63, 3.8) is 0 Å². The van der Waals surface area contributed by atoms with E-state index in [9.17, 15) is 9.59 Å². The molecule has 0 unspecified atom stereocenters. The van der Waals surface area contributed by atoms with Crippen LogP contribution in [0.3, 0.4) is 0 Å². The smallest absolute Gasteiger partial charge is 0.234 e. The normalized spacial score (nSPS) is 12.2. The number of likely N-dealkylation sites (N-methyl/N-ethyl adjacent to an activating group) is 1. The number of hydrogen-bond donors (Lipinski definition) is 3. The monoisotopic (exact) mass is 215 g/mol. The van der Waals surface area contributed by atoms with E-state index >= 15 is 0 Å². The summed E-state index contributed by atoms with van der Waals surface area (Å²) in [6.07, 6.45) is 2.41. The van der Waals surface area contributed by atoms with E-state index in [4.69, 9.17) is 5.73 Å². The molecule has 0 aromatic rings. The number of Topliss-reactive ketones (excluding diaryl/α,β-unsaturated/α-hetero) is 1. The van der Waals surface area contributed by atoms with Crippen LogP contribution >= 0.6 is 0 Å². The third-order valence-electron chi connectivity index (χ3n) is 2.11. The molecule has 5 nitrogen and oxygen atoms in total. The summed E-state index contributed by atoms with van der Waals surface area (Å²) in [7, 11) is 1.69. The molecule has 0 saturated carbocycles. The van der Waals surface area contributed by atoms with Gasteiger partial charge in [0, 0.05) is 0 Å². The Morgan fingerprint density at radius 1 is 1.33 bits per heavy atom. The van der Waals surface area contributed by atoms with Crippen LogP contribution in [0.5, 0.6) is 0 Å². The molecule has 88 valence electrons. The molecule has 5 heteroatoms.